The summed E-state index contributed by atoms with van der Waals surface area (Å²) in [7, 11) is -4.76. The highest BCUT2D eigenvalue weighted by Crippen LogP contribution is 2.36. The average molecular weight is 697 g/mol. The molecule has 0 spiro atoms. The topological polar surface area (TPSA) is 119 Å². The van der Waals surface area contributed by atoms with E-state index in [4.69, 9.17) is 19.3 Å². The molecule has 0 rings (SSSR count). The maximum absolute atomic E-state index is 12.3. The van der Waals surface area contributed by atoms with Gasteiger partial charge < -0.3 is 19.3 Å². The second kappa shape index (κ2) is 34.9. The maximum Gasteiger partial charge on any atom is 0.469 e. The molecule has 0 bridgehead atoms. The third-order valence-corrected chi connectivity index (χ3v) is 8.34. The minimum absolute atomic E-state index is 0.136. The van der Waals surface area contributed by atoms with Crippen LogP contribution in [0.25, 0.3) is 0 Å². The molecule has 0 fully saturated rings. The van der Waals surface area contributed by atoms with Gasteiger partial charge in [-0.15, -0.1) is 0 Å². The molecule has 0 aliphatic heterocycles. The molecule has 278 valence electrons. The number of carbonyl (C=O) groups is 2. The van der Waals surface area contributed by atoms with Crippen LogP contribution in [-0.4, -0.2) is 41.0 Å². The van der Waals surface area contributed by atoms with Gasteiger partial charge in [0.05, 0.1) is 6.61 Å². The van der Waals surface area contributed by atoms with E-state index in [0.717, 1.165) is 38.5 Å². The zero-order valence-corrected chi connectivity index (χ0v) is 31.3. The number of carbonyl (C=O) groups excluding carboxylic acids is 2. The average Bonchev–Trinajstić information content (AvgIpc) is 3.05. The first kappa shape index (κ1) is 46.0. The van der Waals surface area contributed by atoms with Crippen molar-refractivity contribution in [1.82, 2.24) is 0 Å². The lowest BCUT2D eigenvalue weighted by Crippen LogP contribution is -2.29. The molecule has 9 heteroatoms. The van der Waals surface area contributed by atoms with Gasteiger partial charge in [-0.25, -0.2) is 4.57 Å². The molecule has 0 aromatic rings. The van der Waals surface area contributed by atoms with Gasteiger partial charge in [0, 0.05) is 12.8 Å². The number of phosphoric acid groups is 1. The van der Waals surface area contributed by atoms with Gasteiger partial charge in [-0.2, -0.15) is 0 Å². The van der Waals surface area contributed by atoms with Gasteiger partial charge in [0.25, 0.3) is 0 Å². The smallest absolute Gasteiger partial charge is 0.462 e. The number of allylic oxidation sites excluding steroid dienone is 8. The van der Waals surface area contributed by atoms with Gasteiger partial charge in [0.15, 0.2) is 6.10 Å². The third kappa shape index (κ3) is 36.8. The lowest BCUT2D eigenvalue weighted by atomic mass is 10.0. The lowest BCUT2D eigenvalue weighted by Gasteiger charge is -2.18. The molecule has 8 nitrogen and oxygen atoms in total. The predicted molar refractivity (Wildman–Crippen MR) is 198 cm³/mol. The van der Waals surface area contributed by atoms with Gasteiger partial charge in [-0.1, -0.05) is 152 Å². The minimum Gasteiger partial charge on any atom is -0.462 e. The molecule has 48 heavy (non-hydrogen) atoms. The van der Waals surface area contributed by atoms with Crippen molar-refractivity contribution in [3.05, 3.63) is 48.6 Å². The van der Waals surface area contributed by atoms with Gasteiger partial charge in [0.1, 0.15) is 6.61 Å². The van der Waals surface area contributed by atoms with Gasteiger partial charge in [0.2, 0.25) is 0 Å². The van der Waals surface area contributed by atoms with Crippen molar-refractivity contribution in [3.63, 3.8) is 0 Å². The van der Waals surface area contributed by atoms with E-state index in [0.29, 0.717) is 12.8 Å². The Hall–Kier alpha value is -1.99. The summed E-state index contributed by atoms with van der Waals surface area (Å²) >= 11 is 0. The highest BCUT2D eigenvalue weighted by atomic mass is 31.2. The van der Waals surface area contributed by atoms with Crippen LogP contribution in [0.3, 0.4) is 0 Å². The summed E-state index contributed by atoms with van der Waals surface area (Å²) < 4.78 is 26.2. The van der Waals surface area contributed by atoms with Crippen LogP contribution in [0.4, 0.5) is 0 Å². The molecule has 0 heterocycles. The van der Waals surface area contributed by atoms with Crippen LogP contribution in [-0.2, 0) is 28.2 Å². The van der Waals surface area contributed by atoms with Gasteiger partial charge in [-0.05, 0) is 51.4 Å². The molecule has 0 aromatic heterocycles. The van der Waals surface area contributed by atoms with Crippen LogP contribution in [0.15, 0.2) is 48.6 Å². The van der Waals surface area contributed by atoms with Crippen molar-refractivity contribution in [1.29, 1.82) is 0 Å². The van der Waals surface area contributed by atoms with E-state index in [1.807, 2.05) is 6.08 Å². The Kier molecular flexibility index (Phi) is 33.4. The standard InChI is InChI=1S/C39H69O8P/c1-3-5-7-9-11-13-15-17-18-19-20-22-24-26-28-30-32-34-39(41)47-37(36-46-48(42,43)44)35-45-38(40)33-31-29-27-25-23-21-16-14-12-10-8-6-4-2/h11,13,17-18,20,22,26,28,37H,3-10,12,14-16,19,21,23-25,27,29-36H2,1-2H3,(H2,42,43,44)/b13-11+,18-17+,22-20+,28-26+/t37-/m1/s1. The summed E-state index contributed by atoms with van der Waals surface area (Å²) in [5.41, 5.74) is 0. The Labute approximate surface area is 293 Å². The highest BCUT2D eigenvalue weighted by Gasteiger charge is 2.22. The van der Waals surface area contributed by atoms with Crippen LogP contribution in [0.2, 0.25) is 0 Å². The van der Waals surface area contributed by atoms with Crippen LogP contribution >= 0.6 is 7.82 Å². The van der Waals surface area contributed by atoms with Crippen molar-refractivity contribution in [2.24, 2.45) is 0 Å². The van der Waals surface area contributed by atoms with Gasteiger partial charge >= 0.3 is 19.8 Å². The van der Waals surface area contributed by atoms with E-state index in [-0.39, 0.29) is 19.4 Å². The molecule has 1 atom stereocenters. The second-order valence-corrected chi connectivity index (χ2v) is 13.8. The summed E-state index contributed by atoms with van der Waals surface area (Å²) in [6.45, 7) is 3.60. The van der Waals surface area contributed by atoms with E-state index in [1.165, 1.54) is 89.9 Å². The molecule has 0 aromatic carbocycles. The van der Waals surface area contributed by atoms with E-state index in [9.17, 15) is 14.2 Å². The van der Waals surface area contributed by atoms with Crippen LogP contribution in [0.1, 0.15) is 168 Å². The summed E-state index contributed by atoms with van der Waals surface area (Å²) in [6, 6.07) is 0. The van der Waals surface area contributed by atoms with Crippen molar-refractivity contribution >= 4 is 19.8 Å². The number of ether oxygens (including phenoxy) is 2. The molecule has 0 radical (unpaired) electrons. The van der Waals surface area contributed by atoms with Crippen LogP contribution in [0.5, 0.6) is 0 Å². The number of phosphoric ester groups is 1. The normalized spacial score (nSPS) is 13.0. The molecule has 0 saturated carbocycles. The van der Waals surface area contributed by atoms with E-state index >= 15 is 0 Å². The minimum atomic E-state index is -4.76. The summed E-state index contributed by atoms with van der Waals surface area (Å²) in [5.74, 6) is -0.950. The summed E-state index contributed by atoms with van der Waals surface area (Å²) in [5, 5.41) is 0. The predicted octanol–water partition coefficient (Wildman–Crippen LogP) is 11.2. The number of esters is 2. The molecule has 2 N–H and O–H groups in total. The fraction of sp³-hybridized carbons (Fsp3) is 0.744. The van der Waals surface area contributed by atoms with Crippen LogP contribution < -0.4 is 0 Å². The van der Waals surface area contributed by atoms with Gasteiger partial charge in [-0.3, -0.25) is 14.1 Å². The van der Waals surface area contributed by atoms with Crippen molar-refractivity contribution in [2.45, 2.75) is 174 Å². The fourth-order valence-electron chi connectivity index (χ4n) is 5.01. The zero-order valence-electron chi connectivity index (χ0n) is 30.4. The number of hydrogen-bond acceptors (Lipinski definition) is 6. The first-order valence-corrected chi connectivity index (χ1v) is 20.5. The number of rotatable bonds is 34. The highest BCUT2D eigenvalue weighted by molar-refractivity contribution is 7.46. The first-order valence-electron chi connectivity index (χ1n) is 18.9. The van der Waals surface area contributed by atoms with E-state index in [2.05, 4.69) is 60.9 Å². The quantitative estimate of drug-likeness (QED) is 0.0295. The zero-order chi connectivity index (χ0) is 35.4. The van der Waals surface area contributed by atoms with Crippen LogP contribution in [0, 0.1) is 0 Å². The third-order valence-electron chi connectivity index (χ3n) is 7.85. The molecule has 0 aliphatic rings. The summed E-state index contributed by atoms with van der Waals surface area (Å²) in [4.78, 5) is 42.6. The molecule has 0 amide bonds. The van der Waals surface area contributed by atoms with Crippen molar-refractivity contribution in [2.75, 3.05) is 13.2 Å². The number of hydrogen-bond donors (Lipinski definition) is 2. The Morgan fingerprint density at radius 2 is 0.958 bits per heavy atom. The SMILES string of the molecule is CCCCC/C=C/C/C=C/C/C=C/C/C=C/CCCC(=O)O[C@H](COC(=O)CCCCCCCCCCCCCCC)COP(=O)(O)O. The van der Waals surface area contributed by atoms with E-state index < -0.39 is 32.5 Å². The monoisotopic (exact) mass is 696 g/mol. The Balaban J connectivity index is 4.08. The Bertz CT molecular complexity index is 921. The fourth-order valence-corrected chi connectivity index (χ4v) is 5.37. The second-order valence-electron chi connectivity index (χ2n) is 12.6. The van der Waals surface area contributed by atoms with E-state index in [1.54, 1.807) is 0 Å². The molecule has 0 saturated heterocycles. The summed E-state index contributed by atoms with van der Waals surface area (Å²) in [6.07, 6.45) is 41.2. The molecule has 0 aliphatic carbocycles. The maximum atomic E-state index is 12.3. The lowest BCUT2D eigenvalue weighted by molar-refractivity contribution is -0.161. The van der Waals surface area contributed by atoms with Crippen molar-refractivity contribution in [3.8, 4) is 0 Å². The number of unbranched alkanes of at least 4 members (excludes halogenated alkanes) is 16. The molecular weight excluding hydrogens is 627 g/mol. The molecular formula is C39H69O8P. The first-order chi connectivity index (χ1) is 23.3. The Morgan fingerprint density at radius 1 is 0.542 bits per heavy atom. The molecule has 0 unspecified atom stereocenters. The van der Waals surface area contributed by atoms with Crippen molar-refractivity contribution < 1.29 is 37.9 Å². The Morgan fingerprint density at radius 3 is 1.46 bits per heavy atom. The largest absolute Gasteiger partial charge is 0.469 e.